The van der Waals surface area contributed by atoms with Crippen molar-refractivity contribution >= 4 is 25.7 Å². The molecule has 0 spiro atoms. The normalized spacial score (nSPS) is 13.6. The van der Waals surface area contributed by atoms with Gasteiger partial charge in [0.05, 0.1) is 13.2 Å². The number of ether oxygens (including phenoxy) is 1. The van der Waals surface area contributed by atoms with E-state index < -0.39 is 57.6 Å². The molecule has 3 unspecified atom stereocenters. The van der Waals surface area contributed by atoms with E-state index in [2.05, 4.69) is 31.3 Å². The van der Waals surface area contributed by atoms with Crippen LogP contribution in [0, 0.1) is 0 Å². The van der Waals surface area contributed by atoms with Gasteiger partial charge in [0.25, 0.3) is 0 Å². The number of aliphatic hydroxyl groups excluding tert-OH is 1. The van der Waals surface area contributed by atoms with Crippen molar-refractivity contribution in [2.45, 2.75) is 270 Å². The highest BCUT2D eigenvalue weighted by molar-refractivity contribution is 7.47. The third kappa shape index (κ3) is 44.8. The summed E-state index contributed by atoms with van der Waals surface area (Å²) < 4.78 is 26.9. The molecule has 0 fully saturated rings. The quantitative estimate of drug-likeness (QED) is 0.0200. The Morgan fingerprint density at radius 1 is 0.500 bits per heavy atom. The van der Waals surface area contributed by atoms with E-state index in [0.717, 1.165) is 57.8 Å². The molecule has 0 aromatic rings. The van der Waals surface area contributed by atoms with Crippen LogP contribution in [-0.2, 0) is 32.7 Å². The Morgan fingerprint density at radius 3 is 1.23 bits per heavy atom. The van der Waals surface area contributed by atoms with Gasteiger partial charge in [0.1, 0.15) is 12.7 Å². The molecule has 12 heteroatoms. The number of rotatable bonds is 49. The fraction of sp³-hybridized carbons (Fsp3) is 0.900. The molecule has 0 radical (unpaired) electrons. The van der Waals surface area contributed by atoms with E-state index in [9.17, 15) is 34.1 Å². The van der Waals surface area contributed by atoms with Gasteiger partial charge in [-0.15, -0.1) is 0 Å². The second-order valence-electron chi connectivity index (χ2n) is 17.7. The lowest BCUT2D eigenvalue weighted by Crippen LogP contribution is -2.43. The van der Waals surface area contributed by atoms with E-state index in [4.69, 9.17) is 13.8 Å². The molecule has 0 rings (SSSR count). The first-order chi connectivity index (χ1) is 30.1. The van der Waals surface area contributed by atoms with Crippen LogP contribution < -0.4 is 5.32 Å². The number of esters is 1. The Hall–Kier alpha value is -1.78. The number of phosphoric ester groups is 1. The molecule has 0 bridgehead atoms. The van der Waals surface area contributed by atoms with Gasteiger partial charge in [-0.3, -0.25) is 18.6 Å². The van der Waals surface area contributed by atoms with Crippen LogP contribution in [0.25, 0.3) is 0 Å². The van der Waals surface area contributed by atoms with Gasteiger partial charge in [-0.1, -0.05) is 219 Å². The van der Waals surface area contributed by atoms with E-state index in [-0.39, 0.29) is 12.8 Å². The summed E-state index contributed by atoms with van der Waals surface area (Å²) in [6, 6.07) is -1.55. The zero-order valence-electron chi connectivity index (χ0n) is 39.9. The van der Waals surface area contributed by atoms with E-state index in [1.54, 1.807) is 0 Å². The van der Waals surface area contributed by atoms with Crippen molar-refractivity contribution in [2.24, 2.45) is 0 Å². The summed E-state index contributed by atoms with van der Waals surface area (Å²) in [4.78, 5) is 46.0. The molecule has 4 N–H and O–H groups in total. The average molecular weight is 902 g/mol. The molecule has 0 aliphatic rings. The summed E-state index contributed by atoms with van der Waals surface area (Å²) in [5.41, 5.74) is 0. The van der Waals surface area contributed by atoms with Crippen LogP contribution in [0.4, 0.5) is 0 Å². The van der Waals surface area contributed by atoms with Crippen molar-refractivity contribution in [3.05, 3.63) is 12.2 Å². The first-order valence-corrected chi connectivity index (χ1v) is 27.2. The third-order valence-electron chi connectivity index (χ3n) is 11.6. The number of phosphoric acid groups is 1. The van der Waals surface area contributed by atoms with Crippen LogP contribution in [0.15, 0.2) is 12.2 Å². The first kappa shape index (κ1) is 60.2. The Bertz CT molecular complexity index is 1110. The van der Waals surface area contributed by atoms with Crippen molar-refractivity contribution in [1.29, 1.82) is 0 Å². The SMILES string of the molecule is CCCCCCCC/C=C\CCCCCCCC(=O)NC(COP(=O)(O)OCC(O)COC(=O)CCCCCCCCCCCCCCCCCCCCCCCCC)C(=O)O. The lowest BCUT2D eigenvalue weighted by atomic mass is 10.0. The molecular weight excluding hydrogens is 806 g/mol. The van der Waals surface area contributed by atoms with Crippen LogP contribution in [-0.4, -0.2) is 64.9 Å². The fourth-order valence-electron chi connectivity index (χ4n) is 7.55. The van der Waals surface area contributed by atoms with Gasteiger partial charge in [0.15, 0.2) is 6.04 Å². The zero-order chi connectivity index (χ0) is 45.6. The number of unbranched alkanes of at least 4 members (excludes halogenated alkanes) is 33. The number of carboxylic acid groups (broad SMARTS) is 1. The highest BCUT2D eigenvalue weighted by Crippen LogP contribution is 2.43. The van der Waals surface area contributed by atoms with E-state index >= 15 is 0 Å². The van der Waals surface area contributed by atoms with Gasteiger partial charge in [-0.05, 0) is 38.5 Å². The van der Waals surface area contributed by atoms with Crippen molar-refractivity contribution in [3.8, 4) is 0 Å². The lowest BCUT2D eigenvalue weighted by Gasteiger charge is -2.18. The fourth-order valence-corrected chi connectivity index (χ4v) is 8.32. The number of hydrogen-bond acceptors (Lipinski definition) is 8. The van der Waals surface area contributed by atoms with E-state index in [0.29, 0.717) is 12.8 Å². The first-order valence-electron chi connectivity index (χ1n) is 25.7. The molecule has 11 nitrogen and oxygen atoms in total. The second kappa shape index (κ2) is 45.8. The van der Waals surface area contributed by atoms with E-state index in [1.807, 2.05) is 0 Å². The van der Waals surface area contributed by atoms with Crippen LogP contribution in [0.3, 0.4) is 0 Å². The van der Waals surface area contributed by atoms with Gasteiger partial charge in [0, 0.05) is 12.8 Å². The monoisotopic (exact) mass is 902 g/mol. The Kier molecular flexibility index (Phi) is 44.5. The number of hydrogen-bond donors (Lipinski definition) is 4. The number of aliphatic carboxylic acids is 1. The molecule has 3 atom stereocenters. The van der Waals surface area contributed by atoms with Gasteiger partial charge in [-0.2, -0.15) is 0 Å². The number of aliphatic hydroxyl groups is 1. The number of carbonyl (C=O) groups excluding carboxylic acids is 2. The second-order valence-corrected chi connectivity index (χ2v) is 19.2. The summed E-state index contributed by atoms with van der Waals surface area (Å²) in [6.07, 6.45) is 48.1. The highest BCUT2D eigenvalue weighted by Gasteiger charge is 2.28. The summed E-state index contributed by atoms with van der Waals surface area (Å²) in [7, 11) is -4.76. The number of amides is 1. The summed E-state index contributed by atoms with van der Waals surface area (Å²) in [5.74, 6) is -2.37. The molecule has 366 valence electrons. The molecule has 62 heavy (non-hydrogen) atoms. The number of carboxylic acids is 1. The minimum Gasteiger partial charge on any atom is -0.480 e. The molecular formula is C50H96NO10P. The third-order valence-corrected chi connectivity index (χ3v) is 12.5. The molecule has 0 aromatic carbocycles. The zero-order valence-corrected chi connectivity index (χ0v) is 40.8. The minimum atomic E-state index is -4.76. The standard InChI is InChI=1S/C50H96NO10P/c1-3-5-7-9-11-13-15-17-19-20-21-22-23-24-25-26-28-30-32-34-36-38-40-42-49(54)59-43-46(52)44-60-62(57,58)61-45-47(50(55)56)51-48(53)41-39-37-35-33-31-29-27-18-16-14-12-10-8-6-4-2/h18,27,46-47,52H,3-17,19-26,28-45H2,1-2H3,(H,51,53)(H,55,56)(H,57,58)/b27-18-. The molecule has 0 aromatic heterocycles. The number of carbonyl (C=O) groups is 3. The number of allylic oxidation sites excluding steroid dienone is 2. The largest absolute Gasteiger partial charge is 0.480 e. The lowest BCUT2D eigenvalue weighted by molar-refractivity contribution is -0.147. The maximum absolute atomic E-state index is 12.3. The van der Waals surface area contributed by atoms with E-state index in [1.165, 1.54) is 161 Å². The summed E-state index contributed by atoms with van der Waals surface area (Å²) in [5, 5.41) is 21.9. The summed E-state index contributed by atoms with van der Waals surface area (Å²) in [6.45, 7) is 2.63. The minimum absolute atomic E-state index is 0.139. The van der Waals surface area contributed by atoms with Gasteiger partial charge in [-0.25, -0.2) is 9.36 Å². The summed E-state index contributed by atoms with van der Waals surface area (Å²) >= 11 is 0. The molecule has 1 amide bonds. The van der Waals surface area contributed by atoms with Crippen LogP contribution in [0.2, 0.25) is 0 Å². The van der Waals surface area contributed by atoms with Gasteiger partial charge >= 0.3 is 19.8 Å². The van der Waals surface area contributed by atoms with Crippen molar-refractivity contribution in [3.63, 3.8) is 0 Å². The molecule has 0 aliphatic heterocycles. The van der Waals surface area contributed by atoms with Crippen molar-refractivity contribution in [1.82, 2.24) is 5.32 Å². The molecule has 0 saturated carbocycles. The van der Waals surface area contributed by atoms with Crippen LogP contribution >= 0.6 is 7.82 Å². The average Bonchev–Trinajstić information content (AvgIpc) is 3.25. The number of nitrogens with one attached hydrogen (secondary N) is 1. The van der Waals surface area contributed by atoms with Crippen LogP contribution in [0.5, 0.6) is 0 Å². The molecule has 0 aliphatic carbocycles. The Labute approximate surface area is 379 Å². The van der Waals surface area contributed by atoms with Crippen molar-refractivity contribution < 1.29 is 47.8 Å². The highest BCUT2D eigenvalue weighted by atomic mass is 31.2. The van der Waals surface area contributed by atoms with Crippen molar-refractivity contribution in [2.75, 3.05) is 19.8 Å². The topological polar surface area (TPSA) is 169 Å². The maximum atomic E-state index is 12.3. The Balaban J connectivity index is 3.77. The predicted molar refractivity (Wildman–Crippen MR) is 254 cm³/mol. The maximum Gasteiger partial charge on any atom is 0.472 e. The van der Waals surface area contributed by atoms with Crippen LogP contribution in [0.1, 0.15) is 258 Å². The molecule has 0 saturated heterocycles. The van der Waals surface area contributed by atoms with Gasteiger partial charge < -0.3 is 25.2 Å². The van der Waals surface area contributed by atoms with Gasteiger partial charge in [0.2, 0.25) is 5.91 Å². The Morgan fingerprint density at radius 2 is 0.839 bits per heavy atom. The molecule has 0 heterocycles. The predicted octanol–water partition coefficient (Wildman–Crippen LogP) is 14.0. The smallest absolute Gasteiger partial charge is 0.472 e.